The Kier molecular flexibility index (Phi) is 4.31. The van der Waals surface area contributed by atoms with E-state index in [1.54, 1.807) is 20.8 Å². The van der Waals surface area contributed by atoms with Crippen LogP contribution in [0.3, 0.4) is 0 Å². The molecule has 2 aliphatic rings. The van der Waals surface area contributed by atoms with Crippen LogP contribution in [0.25, 0.3) is 0 Å². The number of nitrogens with zero attached hydrogens (tertiary/aromatic N) is 1. The summed E-state index contributed by atoms with van der Waals surface area (Å²) in [7, 11) is 0. The maximum absolute atomic E-state index is 12.6. The quantitative estimate of drug-likeness (QED) is 0.787. The highest BCUT2D eigenvalue weighted by atomic mass is 16.6. The molecule has 1 spiro atoms. The normalized spacial score (nSPS) is 21.3. The van der Waals surface area contributed by atoms with Crippen molar-refractivity contribution < 1.29 is 23.9 Å². The molecule has 2 fully saturated rings. The van der Waals surface area contributed by atoms with E-state index in [2.05, 4.69) is 0 Å². The lowest BCUT2D eigenvalue weighted by Gasteiger charge is -2.26. The summed E-state index contributed by atoms with van der Waals surface area (Å²) >= 11 is 0. The van der Waals surface area contributed by atoms with Crippen LogP contribution in [-0.2, 0) is 25.7 Å². The first-order chi connectivity index (χ1) is 11.7. The molecule has 1 saturated heterocycles. The molecule has 1 heterocycles. The van der Waals surface area contributed by atoms with Crippen LogP contribution in [0, 0.1) is 5.41 Å². The number of benzene rings is 1. The molecule has 25 heavy (non-hydrogen) atoms. The molecule has 0 bridgehead atoms. The summed E-state index contributed by atoms with van der Waals surface area (Å²) < 4.78 is 10.7. The van der Waals surface area contributed by atoms with Gasteiger partial charge in [0, 0.05) is 0 Å². The Balaban J connectivity index is 1.72. The molecular formula is C19H23NO5. The van der Waals surface area contributed by atoms with Crippen molar-refractivity contribution in [1.82, 2.24) is 4.90 Å². The fraction of sp³-hybridized carbons (Fsp3) is 0.526. The fourth-order valence-electron chi connectivity index (χ4n) is 3.05. The zero-order chi connectivity index (χ0) is 18.2. The van der Waals surface area contributed by atoms with Gasteiger partial charge >= 0.3 is 12.1 Å². The van der Waals surface area contributed by atoms with Crippen LogP contribution in [0.1, 0.15) is 45.6 Å². The third-order valence-corrected chi connectivity index (χ3v) is 4.51. The van der Waals surface area contributed by atoms with Crippen molar-refractivity contribution >= 4 is 18.0 Å². The first kappa shape index (κ1) is 17.5. The number of amides is 2. The summed E-state index contributed by atoms with van der Waals surface area (Å²) in [4.78, 5) is 38.6. The number of hydrogen-bond donors (Lipinski definition) is 0. The predicted molar refractivity (Wildman–Crippen MR) is 89.4 cm³/mol. The molecule has 1 aliphatic carbocycles. The van der Waals surface area contributed by atoms with E-state index in [1.807, 2.05) is 30.3 Å². The van der Waals surface area contributed by atoms with Crippen molar-refractivity contribution in [2.24, 2.45) is 5.41 Å². The van der Waals surface area contributed by atoms with Gasteiger partial charge in [-0.05, 0) is 45.6 Å². The summed E-state index contributed by atoms with van der Waals surface area (Å²) in [6.07, 6.45) is 0.947. The fourth-order valence-corrected chi connectivity index (χ4v) is 3.05. The molecule has 0 aromatic heterocycles. The summed E-state index contributed by atoms with van der Waals surface area (Å²) in [6.45, 7) is 5.28. The molecule has 0 N–H and O–H groups in total. The lowest BCUT2D eigenvalue weighted by Crippen LogP contribution is -2.46. The molecule has 2 amide bonds. The topological polar surface area (TPSA) is 72.9 Å². The number of rotatable bonds is 3. The van der Waals surface area contributed by atoms with Crippen LogP contribution >= 0.6 is 0 Å². The Labute approximate surface area is 147 Å². The maximum Gasteiger partial charge on any atom is 0.417 e. The molecular weight excluding hydrogens is 322 g/mol. The Hall–Kier alpha value is -2.37. The largest absolute Gasteiger partial charge is 0.459 e. The summed E-state index contributed by atoms with van der Waals surface area (Å²) in [5.74, 6) is -0.879. The van der Waals surface area contributed by atoms with Gasteiger partial charge in [-0.25, -0.2) is 14.5 Å². The van der Waals surface area contributed by atoms with Crippen LogP contribution in [0.5, 0.6) is 0 Å². The summed E-state index contributed by atoms with van der Waals surface area (Å²) in [5, 5.41) is 0. The second-order valence-electron chi connectivity index (χ2n) is 7.75. The number of carbonyl (C=O) groups excluding carboxylic acids is 3. The smallest absolute Gasteiger partial charge is 0.417 e. The number of imide groups is 1. The Morgan fingerprint density at radius 3 is 2.40 bits per heavy atom. The van der Waals surface area contributed by atoms with Crippen molar-refractivity contribution in [3.8, 4) is 0 Å². The van der Waals surface area contributed by atoms with Gasteiger partial charge in [0.2, 0.25) is 5.91 Å². The molecule has 1 aromatic rings. The predicted octanol–water partition coefficient (Wildman–Crippen LogP) is 3.05. The minimum atomic E-state index is -0.909. The van der Waals surface area contributed by atoms with Crippen molar-refractivity contribution in [2.75, 3.05) is 0 Å². The van der Waals surface area contributed by atoms with Crippen LogP contribution in [0.15, 0.2) is 30.3 Å². The average Bonchev–Trinajstić information content (AvgIpc) is 3.25. The van der Waals surface area contributed by atoms with Crippen molar-refractivity contribution in [2.45, 2.75) is 58.3 Å². The van der Waals surface area contributed by atoms with Crippen molar-refractivity contribution in [1.29, 1.82) is 0 Å². The van der Waals surface area contributed by atoms with Gasteiger partial charge in [-0.3, -0.25) is 4.79 Å². The van der Waals surface area contributed by atoms with E-state index >= 15 is 0 Å². The summed E-state index contributed by atoms with van der Waals surface area (Å²) in [5.41, 5.74) is -0.465. The molecule has 6 nitrogen and oxygen atoms in total. The van der Waals surface area contributed by atoms with Crippen LogP contribution in [0.4, 0.5) is 4.79 Å². The highest BCUT2D eigenvalue weighted by Gasteiger charge is 2.63. The van der Waals surface area contributed by atoms with Gasteiger partial charge in [0.15, 0.2) is 0 Å². The summed E-state index contributed by atoms with van der Waals surface area (Å²) in [6, 6.07) is 8.38. The zero-order valence-electron chi connectivity index (χ0n) is 14.8. The molecule has 6 heteroatoms. The van der Waals surface area contributed by atoms with E-state index in [1.165, 1.54) is 0 Å². The van der Waals surface area contributed by atoms with Gasteiger partial charge in [-0.1, -0.05) is 30.3 Å². The molecule has 134 valence electrons. The third-order valence-electron chi connectivity index (χ3n) is 4.51. The highest BCUT2D eigenvalue weighted by Crippen LogP contribution is 2.56. The second-order valence-corrected chi connectivity index (χ2v) is 7.75. The van der Waals surface area contributed by atoms with E-state index < -0.39 is 29.1 Å². The SMILES string of the molecule is CC(C)(C)OC(=O)N1C(=O)C2(CC2)CC1C(=O)OCc1ccccc1. The van der Waals surface area contributed by atoms with Gasteiger partial charge in [0.1, 0.15) is 18.2 Å². The molecule has 1 saturated carbocycles. The van der Waals surface area contributed by atoms with E-state index in [0.29, 0.717) is 19.3 Å². The average molecular weight is 345 g/mol. The van der Waals surface area contributed by atoms with Gasteiger partial charge in [0.05, 0.1) is 5.41 Å². The minimum Gasteiger partial charge on any atom is -0.459 e. The lowest BCUT2D eigenvalue weighted by molar-refractivity contribution is -0.152. The lowest BCUT2D eigenvalue weighted by atomic mass is 10.0. The van der Waals surface area contributed by atoms with Crippen molar-refractivity contribution in [3.05, 3.63) is 35.9 Å². The van der Waals surface area contributed by atoms with E-state index in [9.17, 15) is 14.4 Å². The first-order valence-corrected chi connectivity index (χ1v) is 8.49. The highest BCUT2D eigenvalue weighted by molar-refractivity contribution is 6.03. The Morgan fingerprint density at radius 2 is 1.84 bits per heavy atom. The molecule has 1 atom stereocenters. The Morgan fingerprint density at radius 1 is 1.20 bits per heavy atom. The number of hydrogen-bond acceptors (Lipinski definition) is 5. The standard InChI is InChI=1S/C19H23NO5/c1-18(2,3)25-17(23)20-14(11-19(9-10-19)16(20)22)15(21)24-12-13-7-5-4-6-8-13/h4-8,14H,9-12H2,1-3H3. The first-order valence-electron chi connectivity index (χ1n) is 8.49. The van der Waals surface area contributed by atoms with E-state index in [-0.39, 0.29) is 12.5 Å². The maximum atomic E-state index is 12.6. The monoisotopic (exact) mass is 345 g/mol. The van der Waals surface area contributed by atoms with Crippen molar-refractivity contribution in [3.63, 3.8) is 0 Å². The second kappa shape index (κ2) is 6.17. The number of ether oxygens (including phenoxy) is 2. The molecule has 0 radical (unpaired) electrons. The molecule has 3 rings (SSSR count). The van der Waals surface area contributed by atoms with Crippen LogP contribution < -0.4 is 0 Å². The third kappa shape index (κ3) is 3.67. The number of carbonyl (C=O) groups is 3. The van der Waals surface area contributed by atoms with E-state index in [0.717, 1.165) is 10.5 Å². The van der Waals surface area contributed by atoms with Crippen LogP contribution in [-0.4, -0.2) is 34.5 Å². The molecule has 1 aliphatic heterocycles. The van der Waals surface area contributed by atoms with Gasteiger partial charge < -0.3 is 9.47 Å². The van der Waals surface area contributed by atoms with Crippen LogP contribution in [0.2, 0.25) is 0 Å². The minimum absolute atomic E-state index is 0.111. The molecule has 1 unspecified atom stereocenters. The zero-order valence-corrected chi connectivity index (χ0v) is 14.8. The molecule has 1 aromatic carbocycles. The van der Waals surface area contributed by atoms with Gasteiger partial charge in [-0.2, -0.15) is 0 Å². The number of esters is 1. The Bertz CT molecular complexity index is 688. The van der Waals surface area contributed by atoms with E-state index in [4.69, 9.17) is 9.47 Å². The van der Waals surface area contributed by atoms with Gasteiger partial charge in [-0.15, -0.1) is 0 Å². The number of likely N-dealkylation sites (tertiary alicyclic amines) is 1. The van der Waals surface area contributed by atoms with Gasteiger partial charge in [0.25, 0.3) is 0 Å².